The average molecular weight is 286 g/mol. The number of aromatic nitrogens is 3. The van der Waals surface area contributed by atoms with E-state index < -0.39 is 16.8 Å². The molecule has 0 bridgehead atoms. The van der Waals surface area contributed by atoms with Crippen LogP contribution >= 0.6 is 11.3 Å². The molecular formula is C11H12F2N4OS. The summed E-state index contributed by atoms with van der Waals surface area (Å²) in [6.07, 6.45) is 2.80. The van der Waals surface area contributed by atoms with E-state index in [1.54, 1.807) is 16.9 Å². The second-order valence-corrected chi connectivity index (χ2v) is 4.63. The zero-order chi connectivity index (χ0) is 13.9. The molecule has 0 saturated carbocycles. The first-order valence-corrected chi connectivity index (χ1v) is 6.50. The van der Waals surface area contributed by atoms with E-state index in [1.807, 2.05) is 6.92 Å². The number of hydrogen-bond donors (Lipinski definition) is 1. The summed E-state index contributed by atoms with van der Waals surface area (Å²) in [4.78, 5) is 15.0. The molecule has 0 atom stereocenters. The van der Waals surface area contributed by atoms with Gasteiger partial charge in [0.2, 0.25) is 0 Å². The van der Waals surface area contributed by atoms with Crippen LogP contribution in [0.2, 0.25) is 0 Å². The van der Waals surface area contributed by atoms with Crippen LogP contribution in [0.3, 0.4) is 0 Å². The fourth-order valence-corrected chi connectivity index (χ4v) is 2.17. The van der Waals surface area contributed by atoms with Crippen molar-refractivity contribution in [3.63, 3.8) is 0 Å². The first-order valence-electron chi connectivity index (χ1n) is 5.62. The first-order chi connectivity index (χ1) is 9.05. The molecule has 2 aromatic rings. The highest BCUT2D eigenvalue weighted by Gasteiger charge is 2.43. The van der Waals surface area contributed by atoms with Crippen molar-refractivity contribution >= 4 is 17.2 Å². The smallest absolute Gasteiger partial charge is 0.345 e. The molecule has 0 fully saturated rings. The SMILES string of the molecule is CCn1nccc1CNC(=O)C(F)(F)c1nccs1. The van der Waals surface area contributed by atoms with Gasteiger partial charge >= 0.3 is 5.92 Å². The molecule has 1 amide bonds. The Hall–Kier alpha value is -1.83. The molecule has 5 nitrogen and oxygen atoms in total. The van der Waals surface area contributed by atoms with Gasteiger partial charge in [0.15, 0.2) is 5.01 Å². The molecule has 2 heterocycles. The highest BCUT2D eigenvalue weighted by Crippen LogP contribution is 2.29. The number of halogens is 2. The fraction of sp³-hybridized carbons (Fsp3) is 0.364. The highest BCUT2D eigenvalue weighted by atomic mass is 32.1. The third-order valence-corrected chi connectivity index (χ3v) is 3.36. The van der Waals surface area contributed by atoms with Crippen molar-refractivity contribution in [3.05, 3.63) is 34.5 Å². The fourth-order valence-electron chi connectivity index (χ4n) is 1.55. The molecule has 2 aromatic heterocycles. The van der Waals surface area contributed by atoms with Crippen LogP contribution in [0.15, 0.2) is 23.8 Å². The molecule has 0 radical (unpaired) electrons. The zero-order valence-corrected chi connectivity index (χ0v) is 11.0. The quantitative estimate of drug-likeness (QED) is 0.911. The Morgan fingerprint density at radius 2 is 2.32 bits per heavy atom. The number of nitrogens with one attached hydrogen (secondary N) is 1. The van der Waals surface area contributed by atoms with Gasteiger partial charge in [0.1, 0.15) is 0 Å². The van der Waals surface area contributed by atoms with Crippen LogP contribution in [0, 0.1) is 0 Å². The molecule has 0 aromatic carbocycles. The molecule has 0 aliphatic heterocycles. The summed E-state index contributed by atoms with van der Waals surface area (Å²) >= 11 is 0.750. The third kappa shape index (κ3) is 2.78. The van der Waals surface area contributed by atoms with Crippen molar-refractivity contribution in [1.29, 1.82) is 0 Å². The lowest BCUT2D eigenvalue weighted by molar-refractivity contribution is -0.147. The number of alkyl halides is 2. The van der Waals surface area contributed by atoms with E-state index in [9.17, 15) is 13.6 Å². The van der Waals surface area contributed by atoms with Crippen LogP contribution in [0.25, 0.3) is 0 Å². The predicted molar refractivity (Wildman–Crippen MR) is 65.8 cm³/mol. The molecule has 1 N–H and O–H groups in total. The minimum Gasteiger partial charge on any atom is -0.345 e. The standard InChI is InChI=1S/C11H12F2N4OS/c1-2-17-8(3-4-16-17)7-15-9(18)11(12,13)10-14-5-6-19-10/h3-6H,2,7H2,1H3,(H,15,18). The third-order valence-electron chi connectivity index (χ3n) is 2.52. The maximum absolute atomic E-state index is 13.7. The van der Waals surface area contributed by atoms with E-state index in [2.05, 4.69) is 15.4 Å². The van der Waals surface area contributed by atoms with Gasteiger partial charge in [-0.3, -0.25) is 9.48 Å². The van der Waals surface area contributed by atoms with E-state index >= 15 is 0 Å². The van der Waals surface area contributed by atoms with Crippen molar-refractivity contribution in [2.75, 3.05) is 0 Å². The summed E-state index contributed by atoms with van der Waals surface area (Å²) in [5.74, 6) is -4.96. The number of nitrogens with zero attached hydrogens (tertiary/aromatic N) is 3. The van der Waals surface area contributed by atoms with E-state index in [1.165, 1.54) is 11.6 Å². The normalized spacial score (nSPS) is 11.5. The number of carbonyl (C=O) groups is 1. The van der Waals surface area contributed by atoms with Crippen molar-refractivity contribution in [1.82, 2.24) is 20.1 Å². The Labute approximate surface area is 112 Å². The van der Waals surface area contributed by atoms with Crippen molar-refractivity contribution in [3.8, 4) is 0 Å². The number of aryl methyl sites for hydroxylation is 1. The van der Waals surface area contributed by atoms with E-state index in [0.717, 1.165) is 11.3 Å². The first kappa shape index (κ1) is 13.6. The van der Waals surface area contributed by atoms with E-state index in [-0.39, 0.29) is 6.54 Å². The molecular weight excluding hydrogens is 274 g/mol. The van der Waals surface area contributed by atoms with Crippen molar-refractivity contribution in [2.45, 2.75) is 25.9 Å². The lowest BCUT2D eigenvalue weighted by atomic mass is 10.3. The summed E-state index contributed by atoms with van der Waals surface area (Å²) < 4.78 is 29.0. The zero-order valence-electron chi connectivity index (χ0n) is 10.1. The predicted octanol–water partition coefficient (Wildman–Crippen LogP) is 1.77. The summed E-state index contributed by atoms with van der Waals surface area (Å²) in [6.45, 7) is 2.50. The number of hydrogen-bond acceptors (Lipinski definition) is 4. The van der Waals surface area contributed by atoms with Crippen LogP contribution in [-0.4, -0.2) is 20.7 Å². The summed E-state index contributed by atoms with van der Waals surface area (Å²) in [5, 5.41) is 7.10. The molecule has 0 saturated heterocycles. The minimum absolute atomic E-state index is 0.00758. The number of thiazole rings is 1. The van der Waals surface area contributed by atoms with Gasteiger partial charge in [-0.1, -0.05) is 0 Å². The Balaban J connectivity index is 2.02. The average Bonchev–Trinajstić information content (AvgIpc) is 3.06. The van der Waals surface area contributed by atoms with Crippen LogP contribution in [0.1, 0.15) is 17.6 Å². The van der Waals surface area contributed by atoms with Crippen molar-refractivity contribution < 1.29 is 13.6 Å². The van der Waals surface area contributed by atoms with Gasteiger partial charge in [0.05, 0.1) is 12.2 Å². The number of amides is 1. The molecule has 102 valence electrons. The lowest BCUT2D eigenvalue weighted by Crippen LogP contribution is -2.38. The molecule has 0 aliphatic carbocycles. The van der Waals surface area contributed by atoms with Gasteiger partial charge in [-0.25, -0.2) is 4.98 Å². The van der Waals surface area contributed by atoms with Crippen LogP contribution in [-0.2, 0) is 23.8 Å². The van der Waals surface area contributed by atoms with Crippen molar-refractivity contribution in [2.24, 2.45) is 0 Å². The maximum atomic E-state index is 13.7. The molecule has 2 rings (SSSR count). The Morgan fingerprint density at radius 1 is 1.53 bits per heavy atom. The highest BCUT2D eigenvalue weighted by molar-refractivity contribution is 7.09. The molecule has 0 unspecified atom stereocenters. The Morgan fingerprint density at radius 3 is 2.95 bits per heavy atom. The number of carbonyl (C=O) groups excluding carboxylic acids is 1. The van der Waals surface area contributed by atoms with E-state index in [0.29, 0.717) is 12.2 Å². The van der Waals surface area contributed by atoms with Gasteiger partial charge in [0.25, 0.3) is 5.91 Å². The van der Waals surface area contributed by atoms with E-state index in [4.69, 9.17) is 0 Å². The monoisotopic (exact) mass is 286 g/mol. The van der Waals surface area contributed by atoms with Gasteiger partial charge < -0.3 is 5.32 Å². The molecule has 0 aliphatic rings. The molecule has 8 heteroatoms. The second-order valence-electron chi connectivity index (χ2n) is 3.73. The summed E-state index contributed by atoms with van der Waals surface area (Å²) in [6, 6.07) is 1.67. The second kappa shape index (κ2) is 5.43. The van der Waals surface area contributed by atoms with Gasteiger partial charge in [-0.2, -0.15) is 13.9 Å². The van der Waals surface area contributed by atoms with Crippen LogP contribution in [0.5, 0.6) is 0 Å². The van der Waals surface area contributed by atoms with Gasteiger partial charge in [-0.15, -0.1) is 11.3 Å². The summed E-state index contributed by atoms with van der Waals surface area (Å²) in [7, 11) is 0. The lowest BCUT2D eigenvalue weighted by Gasteiger charge is -2.13. The van der Waals surface area contributed by atoms with Gasteiger partial charge in [-0.05, 0) is 13.0 Å². The Bertz CT molecular complexity index is 553. The maximum Gasteiger partial charge on any atom is 0.375 e. The Kier molecular flexibility index (Phi) is 3.89. The van der Waals surface area contributed by atoms with Crippen LogP contribution < -0.4 is 5.32 Å². The molecule has 19 heavy (non-hydrogen) atoms. The number of rotatable bonds is 5. The summed E-state index contributed by atoms with van der Waals surface area (Å²) in [5.41, 5.74) is 0.672. The van der Waals surface area contributed by atoms with Gasteiger partial charge in [0, 0.05) is 24.3 Å². The van der Waals surface area contributed by atoms with Crippen LogP contribution in [0.4, 0.5) is 8.78 Å². The topological polar surface area (TPSA) is 59.8 Å². The minimum atomic E-state index is -3.61. The largest absolute Gasteiger partial charge is 0.375 e. The molecule has 0 spiro atoms.